The third kappa shape index (κ3) is 1.28. The van der Waals surface area contributed by atoms with Gasteiger partial charge in [0, 0.05) is 12.8 Å². The average Bonchev–Trinajstić information content (AvgIpc) is 2.90. The van der Waals surface area contributed by atoms with Crippen LogP contribution in [0.25, 0.3) is 0 Å². The molecule has 0 amide bonds. The molecule has 0 saturated carbocycles. The van der Waals surface area contributed by atoms with Gasteiger partial charge in [0.25, 0.3) is 0 Å². The van der Waals surface area contributed by atoms with E-state index in [9.17, 15) is 0 Å². The molecule has 2 aliphatic heterocycles. The van der Waals surface area contributed by atoms with Gasteiger partial charge < -0.3 is 14.2 Å². The largest absolute Gasteiger partial charge is 0.342 e. The molecule has 2 saturated heterocycles. The smallest absolute Gasteiger partial charge is 0.195 e. The maximum atomic E-state index is 5.70. The summed E-state index contributed by atoms with van der Waals surface area (Å²) >= 11 is 0. The van der Waals surface area contributed by atoms with Gasteiger partial charge >= 0.3 is 0 Å². The van der Waals surface area contributed by atoms with E-state index in [2.05, 4.69) is 13.8 Å². The minimum Gasteiger partial charge on any atom is -0.342 e. The highest BCUT2D eigenvalue weighted by atomic mass is 16.9. The first-order chi connectivity index (χ1) is 5.24. The van der Waals surface area contributed by atoms with Crippen LogP contribution >= 0.6 is 0 Å². The Hall–Kier alpha value is -0.120. The SMILES string of the molecule is CCC1(OC2(CC)CO2)CO1. The zero-order chi connectivity index (χ0) is 7.95. The molecule has 0 spiro atoms. The van der Waals surface area contributed by atoms with Crippen molar-refractivity contribution in [3.05, 3.63) is 0 Å². The summed E-state index contributed by atoms with van der Waals surface area (Å²) in [4.78, 5) is 0. The second-order valence-electron chi connectivity index (χ2n) is 3.21. The molecule has 0 aromatic rings. The molecule has 2 atom stereocenters. The first-order valence-corrected chi connectivity index (χ1v) is 4.22. The molecule has 2 aliphatic rings. The van der Waals surface area contributed by atoms with Crippen LogP contribution in [0, 0.1) is 0 Å². The lowest BCUT2D eigenvalue weighted by atomic mass is 10.2. The molecule has 2 fully saturated rings. The predicted molar refractivity (Wildman–Crippen MR) is 39.0 cm³/mol. The van der Waals surface area contributed by atoms with E-state index in [0.29, 0.717) is 0 Å². The highest BCUT2D eigenvalue weighted by Gasteiger charge is 2.56. The predicted octanol–water partition coefficient (Wildman–Crippen LogP) is 1.28. The second-order valence-corrected chi connectivity index (χ2v) is 3.21. The van der Waals surface area contributed by atoms with Crippen LogP contribution in [0.1, 0.15) is 26.7 Å². The second kappa shape index (κ2) is 2.19. The Kier molecular flexibility index (Phi) is 1.50. The lowest BCUT2D eigenvalue weighted by molar-refractivity contribution is -0.150. The molecule has 11 heavy (non-hydrogen) atoms. The molecule has 64 valence electrons. The fourth-order valence-electron chi connectivity index (χ4n) is 1.17. The summed E-state index contributed by atoms with van der Waals surface area (Å²) in [5.41, 5.74) is 0. The topological polar surface area (TPSA) is 34.3 Å². The van der Waals surface area contributed by atoms with Crippen molar-refractivity contribution in [3.8, 4) is 0 Å². The van der Waals surface area contributed by atoms with Gasteiger partial charge in [-0.1, -0.05) is 13.8 Å². The molecule has 0 aromatic heterocycles. The Morgan fingerprint density at radius 1 is 1.09 bits per heavy atom. The van der Waals surface area contributed by atoms with Crippen LogP contribution in [0.2, 0.25) is 0 Å². The van der Waals surface area contributed by atoms with Crippen LogP contribution in [-0.2, 0) is 14.2 Å². The van der Waals surface area contributed by atoms with Crippen molar-refractivity contribution >= 4 is 0 Å². The molecule has 3 nitrogen and oxygen atoms in total. The first-order valence-electron chi connectivity index (χ1n) is 4.22. The molecular formula is C8H14O3. The Bertz CT molecular complexity index is 141. The molecule has 2 unspecified atom stereocenters. The summed E-state index contributed by atoms with van der Waals surface area (Å²) < 4.78 is 16.1. The van der Waals surface area contributed by atoms with E-state index >= 15 is 0 Å². The summed E-state index contributed by atoms with van der Waals surface area (Å²) in [6, 6.07) is 0. The zero-order valence-electron chi connectivity index (χ0n) is 7.05. The van der Waals surface area contributed by atoms with Crippen LogP contribution in [0.3, 0.4) is 0 Å². The van der Waals surface area contributed by atoms with Gasteiger partial charge in [-0.15, -0.1) is 0 Å². The van der Waals surface area contributed by atoms with E-state index in [-0.39, 0.29) is 11.6 Å². The molecule has 0 bridgehead atoms. The minimum absolute atomic E-state index is 0.285. The average molecular weight is 158 g/mol. The number of hydrogen-bond acceptors (Lipinski definition) is 3. The van der Waals surface area contributed by atoms with Gasteiger partial charge in [0.05, 0.1) is 0 Å². The highest BCUT2D eigenvalue weighted by molar-refractivity contribution is 4.89. The van der Waals surface area contributed by atoms with Crippen LogP contribution in [-0.4, -0.2) is 24.8 Å². The van der Waals surface area contributed by atoms with E-state index < -0.39 is 0 Å². The Labute approximate surface area is 66.6 Å². The molecule has 3 heteroatoms. The van der Waals surface area contributed by atoms with Crippen molar-refractivity contribution in [2.24, 2.45) is 0 Å². The van der Waals surface area contributed by atoms with Gasteiger partial charge in [-0.05, 0) is 0 Å². The molecule has 0 aromatic carbocycles. The van der Waals surface area contributed by atoms with E-state index in [4.69, 9.17) is 14.2 Å². The van der Waals surface area contributed by atoms with Gasteiger partial charge in [-0.25, -0.2) is 0 Å². The number of ether oxygens (including phenoxy) is 3. The molecule has 2 heterocycles. The van der Waals surface area contributed by atoms with Crippen molar-refractivity contribution in [3.63, 3.8) is 0 Å². The van der Waals surface area contributed by atoms with E-state index in [1.165, 1.54) is 0 Å². The maximum absolute atomic E-state index is 5.70. The van der Waals surface area contributed by atoms with Gasteiger partial charge in [0.15, 0.2) is 11.6 Å². The summed E-state index contributed by atoms with van der Waals surface area (Å²) in [5.74, 6) is -0.570. The fraction of sp³-hybridized carbons (Fsp3) is 1.00. The van der Waals surface area contributed by atoms with Gasteiger partial charge in [-0.3, -0.25) is 0 Å². The Balaban J connectivity index is 1.89. The summed E-state index contributed by atoms with van der Waals surface area (Å²) in [5, 5.41) is 0. The van der Waals surface area contributed by atoms with Crippen LogP contribution in [0.15, 0.2) is 0 Å². The number of epoxide rings is 2. The van der Waals surface area contributed by atoms with E-state index in [1.807, 2.05) is 0 Å². The fourth-order valence-corrected chi connectivity index (χ4v) is 1.17. The van der Waals surface area contributed by atoms with E-state index in [0.717, 1.165) is 26.1 Å². The molecule has 2 rings (SSSR count). The third-order valence-corrected chi connectivity index (χ3v) is 2.38. The highest BCUT2D eigenvalue weighted by Crippen LogP contribution is 2.43. The molecule has 0 aliphatic carbocycles. The van der Waals surface area contributed by atoms with Crippen LogP contribution in [0.5, 0.6) is 0 Å². The van der Waals surface area contributed by atoms with Crippen molar-refractivity contribution in [2.75, 3.05) is 13.2 Å². The summed E-state index contributed by atoms with van der Waals surface area (Å²) in [6.07, 6.45) is 1.83. The molecule has 0 N–H and O–H groups in total. The minimum atomic E-state index is -0.285. The van der Waals surface area contributed by atoms with Crippen molar-refractivity contribution in [2.45, 2.75) is 38.3 Å². The normalized spacial score (nSPS) is 47.5. The monoisotopic (exact) mass is 158 g/mol. The van der Waals surface area contributed by atoms with Crippen LogP contribution < -0.4 is 0 Å². The Morgan fingerprint density at radius 3 is 1.64 bits per heavy atom. The van der Waals surface area contributed by atoms with E-state index in [1.54, 1.807) is 0 Å². The zero-order valence-corrected chi connectivity index (χ0v) is 7.05. The summed E-state index contributed by atoms with van der Waals surface area (Å²) in [7, 11) is 0. The Morgan fingerprint density at radius 2 is 1.45 bits per heavy atom. The lowest BCUT2D eigenvalue weighted by Gasteiger charge is -2.15. The maximum Gasteiger partial charge on any atom is 0.195 e. The summed E-state index contributed by atoms with van der Waals surface area (Å²) in [6.45, 7) is 5.60. The molecule has 0 radical (unpaired) electrons. The van der Waals surface area contributed by atoms with Crippen LogP contribution in [0.4, 0.5) is 0 Å². The number of hydrogen-bond donors (Lipinski definition) is 0. The van der Waals surface area contributed by atoms with Crippen molar-refractivity contribution < 1.29 is 14.2 Å². The lowest BCUT2D eigenvalue weighted by Crippen LogP contribution is -2.26. The first kappa shape index (κ1) is 7.53. The van der Waals surface area contributed by atoms with Gasteiger partial charge in [0.1, 0.15) is 13.2 Å². The van der Waals surface area contributed by atoms with Gasteiger partial charge in [-0.2, -0.15) is 0 Å². The van der Waals surface area contributed by atoms with Crippen molar-refractivity contribution in [1.82, 2.24) is 0 Å². The van der Waals surface area contributed by atoms with Gasteiger partial charge in [0.2, 0.25) is 0 Å². The quantitative estimate of drug-likeness (QED) is 0.578. The standard InChI is InChI=1S/C8H14O3/c1-3-7(5-9-7)11-8(4-2)6-10-8/h3-6H2,1-2H3. The van der Waals surface area contributed by atoms with Crippen molar-refractivity contribution in [1.29, 1.82) is 0 Å². The number of rotatable bonds is 4. The molecular weight excluding hydrogens is 144 g/mol. The third-order valence-electron chi connectivity index (χ3n) is 2.38.